The van der Waals surface area contributed by atoms with Crippen LogP contribution in [0.15, 0.2) is 0 Å². The minimum absolute atomic E-state index is 0.0680. The summed E-state index contributed by atoms with van der Waals surface area (Å²) in [6.45, 7) is 10.3. The molecule has 0 aromatic heterocycles. The quantitative estimate of drug-likeness (QED) is 0.455. The lowest BCUT2D eigenvalue weighted by molar-refractivity contribution is -0.168. The van der Waals surface area contributed by atoms with E-state index >= 15 is 0 Å². The van der Waals surface area contributed by atoms with Crippen LogP contribution < -0.4 is 0 Å². The fourth-order valence-corrected chi connectivity index (χ4v) is 3.02. The number of carboxylic acids is 2. The molecule has 2 N–H and O–H groups in total. The highest BCUT2D eigenvalue weighted by Gasteiger charge is 2.35. The molecule has 0 saturated carbocycles. The zero-order valence-corrected chi connectivity index (χ0v) is 15.8. The summed E-state index contributed by atoms with van der Waals surface area (Å²) in [7, 11) is 0. The van der Waals surface area contributed by atoms with Gasteiger partial charge < -0.3 is 14.9 Å². The summed E-state index contributed by atoms with van der Waals surface area (Å²) in [4.78, 5) is 46.4. The molecule has 0 radical (unpaired) electrons. The molecule has 0 aliphatic rings. The van der Waals surface area contributed by atoms with Crippen LogP contribution in [0.5, 0.6) is 0 Å². The molecule has 0 aromatic rings. The Hall–Kier alpha value is -1.92. The van der Waals surface area contributed by atoms with E-state index in [2.05, 4.69) is 0 Å². The van der Waals surface area contributed by atoms with Crippen LogP contribution >= 0.6 is 0 Å². The van der Waals surface area contributed by atoms with Gasteiger partial charge in [0.2, 0.25) is 0 Å². The fraction of sp³-hybridized carbons (Fsp3) is 0.778. The van der Waals surface area contributed by atoms with Crippen molar-refractivity contribution in [3.63, 3.8) is 0 Å². The van der Waals surface area contributed by atoms with Gasteiger partial charge in [0, 0.05) is 12.8 Å². The third-order valence-electron chi connectivity index (χ3n) is 4.76. The van der Waals surface area contributed by atoms with Crippen LogP contribution in [0.3, 0.4) is 0 Å². The molecule has 0 amide bonds. The lowest BCUT2D eigenvalue weighted by Gasteiger charge is -2.27. The Morgan fingerprint density at radius 2 is 0.960 bits per heavy atom. The minimum Gasteiger partial charge on any atom is -0.481 e. The first-order valence-corrected chi connectivity index (χ1v) is 8.57. The molecule has 0 spiro atoms. The fourth-order valence-electron chi connectivity index (χ4n) is 3.02. The van der Waals surface area contributed by atoms with Crippen molar-refractivity contribution in [2.45, 2.75) is 54.4 Å². The van der Waals surface area contributed by atoms with Crippen LogP contribution in [0.2, 0.25) is 0 Å². The normalized spacial score (nSPS) is 16.2. The first kappa shape index (κ1) is 23.1. The van der Waals surface area contributed by atoms with E-state index in [9.17, 15) is 19.2 Å². The summed E-state index contributed by atoms with van der Waals surface area (Å²) in [5.74, 6) is -6.10. The maximum absolute atomic E-state index is 12.2. The Balaban J connectivity index is 5.03. The average molecular weight is 358 g/mol. The highest BCUT2D eigenvalue weighted by atomic mass is 16.6. The van der Waals surface area contributed by atoms with Gasteiger partial charge in [-0.15, -0.1) is 0 Å². The van der Waals surface area contributed by atoms with Gasteiger partial charge >= 0.3 is 23.9 Å². The molecule has 7 nitrogen and oxygen atoms in total. The smallest absolute Gasteiger partial charge is 0.316 e. The maximum Gasteiger partial charge on any atom is 0.316 e. The summed E-state index contributed by atoms with van der Waals surface area (Å²) in [6.07, 6.45) is -0.378. The van der Waals surface area contributed by atoms with E-state index in [0.29, 0.717) is 0 Å². The molecule has 0 bridgehead atoms. The molecule has 0 aliphatic carbocycles. The summed E-state index contributed by atoms with van der Waals surface area (Å²) in [6, 6.07) is 0. The van der Waals surface area contributed by atoms with Crippen molar-refractivity contribution >= 4 is 23.9 Å². The van der Waals surface area contributed by atoms with Gasteiger partial charge in [-0.25, -0.2) is 0 Å². The first-order chi connectivity index (χ1) is 11.4. The van der Waals surface area contributed by atoms with Crippen molar-refractivity contribution in [1.82, 2.24) is 0 Å². The molecule has 0 aromatic carbocycles. The highest BCUT2D eigenvalue weighted by molar-refractivity contribution is 5.88. The topological polar surface area (TPSA) is 118 Å². The van der Waals surface area contributed by atoms with Gasteiger partial charge in [-0.2, -0.15) is 0 Å². The highest BCUT2D eigenvalue weighted by Crippen LogP contribution is 2.28. The zero-order valence-electron chi connectivity index (χ0n) is 15.8. The van der Waals surface area contributed by atoms with Crippen molar-refractivity contribution in [2.75, 3.05) is 0 Å². The SMILES string of the molecule is CC(C)C(CC(=O)O)C(C)C(=O)OC(=O)C(C)C(CC(=O)O)C(C)C. The van der Waals surface area contributed by atoms with Crippen LogP contribution in [0.1, 0.15) is 54.4 Å². The molecule has 0 saturated heterocycles. The number of rotatable bonds is 10. The third kappa shape index (κ3) is 7.67. The predicted octanol–water partition coefficient (Wildman–Crippen LogP) is 2.82. The number of ether oxygens (including phenoxy) is 1. The number of carbonyl (C=O) groups excluding carboxylic acids is 2. The summed E-state index contributed by atoms with van der Waals surface area (Å²) in [5, 5.41) is 18.0. The number of carbonyl (C=O) groups is 4. The second-order valence-corrected chi connectivity index (χ2v) is 7.33. The first-order valence-electron chi connectivity index (χ1n) is 8.57. The van der Waals surface area contributed by atoms with Crippen molar-refractivity contribution in [1.29, 1.82) is 0 Å². The van der Waals surface area contributed by atoms with E-state index in [1.807, 2.05) is 27.7 Å². The number of hydrogen-bond donors (Lipinski definition) is 2. The summed E-state index contributed by atoms with van der Waals surface area (Å²) >= 11 is 0. The van der Waals surface area contributed by atoms with E-state index in [1.54, 1.807) is 13.8 Å². The molecule has 4 atom stereocenters. The van der Waals surface area contributed by atoms with Gasteiger partial charge in [0.25, 0.3) is 0 Å². The van der Waals surface area contributed by atoms with E-state index < -0.39 is 47.5 Å². The Morgan fingerprint density at radius 1 is 0.680 bits per heavy atom. The van der Waals surface area contributed by atoms with Gasteiger partial charge in [0.1, 0.15) is 0 Å². The number of hydrogen-bond acceptors (Lipinski definition) is 5. The van der Waals surface area contributed by atoms with Crippen LogP contribution in [0.4, 0.5) is 0 Å². The van der Waals surface area contributed by atoms with E-state index in [0.717, 1.165) is 0 Å². The van der Waals surface area contributed by atoms with E-state index in [4.69, 9.17) is 14.9 Å². The second-order valence-electron chi connectivity index (χ2n) is 7.33. The van der Waals surface area contributed by atoms with Crippen LogP contribution in [-0.4, -0.2) is 34.1 Å². The standard InChI is InChI=1S/C18H30O7/c1-9(2)13(7-15(19)20)11(5)17(23)25-18(24)12(6)14(10(3)4)8-16(21)22/h9-14H,7-8H2,1-6H3,(H,19,20)(H,21,22). The van der Waals surface area contributed by atoms with Crippen molar-refractivity contribution in [3.05, 3.63) is 0 Å². The molecular weight excluding hydrogens is 328 g/mol. The number of carboxylic acid groups (broad SMARTS) is 2. The minimum atomic E-state index is -1.01. The van der Waals surface area contributed by atoms with E-state index in [-0.39, 0.29) is 24.7 Å². The van der Waals surface area contributed by atoms with Gasteiger partial charge in [0.15, 0.2) is 0 Å². The number of esters is 2. The Kier molecular flexibility index (Phi) is 9.38. The lowest BCUT2D eigenvalue weighted by atomic mass is 9.81. The average Bonchev–Trinajstić information content (AvgIpc) is 2.47. The van der Waals surface area contributed by atoms with Crippen LogP contribution in [0.25, 0.3) is 0 Å². The van der Waals surface area contributed by atoms with Gasteiger partial charge in [0.05, 0.1) is 11.8 Å². The monoisotopic (exact) mass is 358 g/mol. The van der Waals surface area contributed by atoms with Gasteiger partial charge in [-0.1, -0.05) is 41.5 Å². The third-order valence-corrected chi connectivity index (χ3v) is 4.76. The van der Waals surface area contributed by atoms with Crippen molar-refractivity contribution in [3.8, 4) is 0 Å². The number of aliphatic carboxylic acids is 2. The van der Waals surface area contributed by atoms with Gasteiger partial charge in [-0.05, 0) is 23.7 Å². The molecule has 0 fully saturated rings. The predicted molar refractivity (Wildman–Crippen MR) is 90.6 cm³/mol. The molecular formula is C18H30O7. The summed E-state index contributed by atoms with van der Waals surface area (Å²) < 4.78 is 4.94. The lowest BCUT2D eigenvalue weighted by Crippen LogP contribution is -2.34. The van der Waals surface area contributed by atoms with Crippen LogP contribution in [-0.2, 0) is 23.9 Å². The molecule has 0 rings (SSSR count). The zero-order chi connectivity index (χ0) is 19.9. The molecule has 7 heteroatoms. The van der Waals surface area contributed by atoms with Crippen molar-refractivity contribution < 1.29 is 34.1 Å². The Bertz CT molecular complexity index is 452. The molecule has 144 valence electrons. The van der Waals surface area contributed by atoms with Crippen molar-refractivity contribution in [2.24, 2.45) is 35.5 Å². The Labute approximate surface area is 148 Å². The summed E-state index contributed by atoms with van der Waals surface area (Å²) in [5.41, 5.74) is 0. The Morgan fingerprint density at radius 3 is 1.16 bits per heavy atom. The van der Waals surface area contributed by atoms with E-state index in [1.165, 1.54) is 0 Å². The second kappa shape index (κ2) is 10.2. The van der Waals surface area contributed by atoms with Crippen LogP contribution in [0, 0.1) is 35.5 Å². The molecule has 0 heterocycles. The molecule has 4 unspecified atom stereocenters. The molecule has 0 aliphatic heterocycles. The van der Waals surface area contributed by atoms with Gasteiger partial charge in [-0.3, -0.25) is 19.2 Å². The largest absolute Gasteiger partial charge is 0.481 e. The maximum atomic E-state index is 12.2. The molecule has 25 heavy (non-hydrogen) atoms.